The van der Waals surface area contributed by atoms with E-state index in [-0.39, 0.29) is 0 Å². The first-order chi connectivity index (χ1) is 7.31. The van der Waals surface area contributed by atoms with Crippen LogP contribution in [0.3, 0.4) is 0 Å². The van der Waals surface area contributed by atoms with Crippen LogP contribution in [0.25, 0.3) is 0 Å². The van der Waals surface area contributed by atoms with E-state index in [4.69, 9.17) is 11.6 Å². The molecule has 82 valence electrons. The van der Waals surface area contributed by atoms with Crippen molar-refractivity contribution in [1.29, 1.82) is 0 Å². The van der Waals surface area contributed by atoms with Gasteiger partial charge in [-0.3, -0.25) is 0 Å². The fourth-order valence-electron chi connectivity index (χ4n) is 1.62. The number of halogens is 1. The van der Waals surface area contributed by atoms with E-state index >= 15 is 0 Å². The number of nitrogens with one attached hydrogen (secondary N) is 1. The van der Waals surface area contributed by atoms with Crippen LogP contribution >= 0.6 is 11.6 Å². The summed E-state index contributed by atoms with van der Waals surface area (Å²) in [6.45, 7) is 5.88. The van der Waals surface area contributed by atoms with Gasteiger partial charge in [0.25, 0.3) is 0 Å². The molecule has 0 saturated carbocycles. The topological polar surface area (TPSA) is 12.0 Å². The Labute approximate surface area is 97.1 Å². The molecule has 1 rings (SSSR count). The van der Waals surface area contributed by atoms with Crippen molar-refractivity contribution in [3.8, 4) is 0 Å². The predicted molar refractivity (Wildman–Crippen MR) is 68.7 cm³/mol. The molecule has 1 nitrogen and oxygen atoms in total. The molecule has 0 fully saturated rings. The van der Waals surface area contributed by atoms with Crippen LogP contribution in [-0.4, -0.2) is 5.88 Å². The highest BCUT2D eigenvalue weighted by molar-refractivity contribution is 6.18. The molecule has 1 aromatic carbocycles. The van der Waals surface area contributed by atoms with Crippen molar-refractivity contribution in [1.82, 2.24) is 0 Å². The maximum Gasteiger partial charge on any atom is 0.0414 e. The predicted octanol–water partition coefficient (Wildman–Crippen LogP) is 3.98. The first kappa shape index (κ1) is 12.1. The lowest BCUT2D eigenvalue weighted by Crippen LogP contribution is -1.97. The number of anilines is 1. The van der Waals surface area contributed by atoms with Crippen LogP contribution in [0.15, 0.2) is 31.0 Å². The van der Waals surface area contributed by atoms with Crippen molar-refractivity contribution in [2.75, 3.05) is 11.2 Å². The molecule has 0 aromatic heterocycles. The Morgan fingerprint density at radius 1 is 1.40 bits per heavy atom. The van der Waals surface area contributed by atoms with E-state index in [1.165, 1.54) is 11.1 Å². The first-order valence-corrected chi connectivity index (χ1v) is 5.90. The Morgan fingerprint density at radius 3 is 2.80 bits per heavy atom. The summed E-state index contributed by atoms with van der Waals surface area (Å²) in [5.74, 6) is 0.667. The van der Waals surface area contributed by atoms with Gasteiger partial charge in [-0.25, -0.2) is 0 Å². The standard InChI is InChI=1S/C13H18ClN/c1-3-5-12-7-6-11(8-9-14)10-13(12)15-4-2/h4,6-7,10,15H,2-3,5,8-9H2,1H3. The average molecular weight is 224 g/mol. The molecule has 0 saturated heterocycles. The average Bonchev–Trinajstić information content (AvgIpc) is 2.23. The molecule has 0 spiro atoms. The highest BCUT2D eigenvalue weighted by Crippen LogP contribution is 2.20. The molecule has 0 atom stereocenters. The van der Waals surface area contributed by atoms with Gasteiger partial charge in [0.15, 0.2) is 0 Å². The molecule has 0 aliphatic carbocycles. The minimum atomic E-state index is 0.667. The number of rotatable bonds is 6. The summed E-state index contributed by atoms with van der Waals surface area (Å²) in [6, 6.07) is 6.49. The number of hydrogen-bond acceptors (Lipinski definition) is 1. The van der Waals surface area contributed by atoms with Crippen molar-refractivity contribution >= 4 is 17.3 Å². The van der Waals surface area contributed by atoms with Gasteiger partial charge in [-0.05, 0) is 36.2 Å². The summed E-state index contributed by atoms with van der Waals surface area (Å²) in [6.07, 6.45) is 4.89. The van der Waals surface area contributed by atoms with Crippen LogP contribution in [0, 0.1) is 0 Å². The van der Waals surface area contributed by atoms with Crippen LogP contribution in [0.1, 0.15) is 24.5 Å². The largest absolute Gasteiger partial charge is 0.362 e. The molecular weight excluding hydrogens is 206 g/mol. The van der Waals surface area contributed by atoms with Crippen LogP contribution in [0.5, 0.6) is 0 Å². The normalized spacial score (nSPS) is 10.0. The van der Waals surface area contributed by atoms with Gasteiger partial charge in [0.05, 0.1) is 0 Å². The third-order valence-corrected chi connectivity index (χ3v) is 2.52. The minimum Gasteiger partial charge on any atom is -0.362 e. The van der Waals surface area contributed by atoms with Gasteiger partial charge in [-0.15, -0.1) is 11.6 Å². The smallest absolute Gasteiger partial charge is 0.0414 e. The SMILES string of the molecule is C=CNc1cc(CCCl)ccc1CCC. The number of hydrogen-bond donors (Lipinski definition) is 1. The van der Waals surface area contributed by atoms with Gasteiger partial charge < -0.3 is 5.32 Å². The lowest BCUT2D eigenvalue weighted by atomic mass is 10.0. The fraction of sp³-hybridized carbons (Fsp3) is 0.385. The Bertz CT molecular complexity index is 320. The van der Waals surface area contributed by atoms with Crippen LogP contribution in [0.2, 0.25) is 0 Å². The molecule has 1 aromatic rings. The van der Waals surface area contributed by atoms with E-state index in [9.17, 15) is 0 Å². The zero-order valence-electron chi connectivity index (χ0n) is 9.22. The molecule has 0 unspecified atom stereocenters. The van der Waals surface area contributed by atoms with Gasteiger partial charge in [-0.1, -0.05) is 32.1 Å². The molecule has 0 radical (unpaired) electrons. The highest BCUT2D eigenvalue weighted by Gasteiger charge is 2.01. The van der Waals surface area contributed by atoms with Crippen LogP contribution in [0.4, 0.5) is 5.69 Å². The molecule has 1 N–H and O–H groups in total. The van der Waals surface area contributed by atoms with E-state index in [1.807, 2.05) is 0 Å². The molecular formula is C13H18ClN. The van der Waals surface area contributed by atoms with Gasteiger partial charge in [0.2, 0.25) is 0 Å². The van der Waals surface area contributed by atoms with Crippen molar-refractivity contribution < 1.29 is 0 Å². The zero-order valence-corrected chi connectivity index (χ0v) is 9.98. The summed E-state index contributed by atoms with van der Waals surface area (Å²) in [5.41, 5.74) is 3.78. The lowest BCUT2D eigenvalue weighted by molar-refractivity contribution is 0.921. The van der Waals surface area contributed by atoms with Crippen molar-refractivity contribution in [3.05, 3.63) is 42.1 Å². The Morgan fingerprint density at radius 2 is 2.20 bits per heavy atom. The Balaban J connectivity index is 2.91. The summed E-state index contributed by atoms with van der Waals surface area (Å²) in [4.78, 5) is 0. The fourth-order valence-corrected chi connectivity index (χ4v) is 1.84. The number of alkyl halides is 1. The maximum absolute atomic E-state index is 5.73. The summed E-state index contributed by atoms with van der Waals surface area (Å²) < 4.78 is 0. The molecule has 0 heterocycles. The summed E-state index contributed by atoms with van der Waals surface area (Å²) >= 11 is 5.73. The van der Waals surface area contributed by atoms with Crippen molar-refractivity contribution in [2.45, 2.75) is 26.2 Å². The Hall–Kier alpha value is -0.950. The summed E-state index contributed by atoms with van der Waals surface area (Å²) in [5, 5.41) is 3.18. The second kappa shape index (κ2) is 6.52. The molecule has 2 heteroatoms. The monoisotopic (exact) mass is 223 g/mol. The third kappa shape index (κ3) is 3.60. The van der Waals surface area contributed by atoms with Gasteiger partial charge in [-0.2, -0.15) is 0 Å². The van der Waals surface area contributed by atoms with Crippen LogP contribution in [-0.2, 0) is 12.8 Å². The first-order valence-electron chi connectivity index (χ1n) is 5.37. The van der Waals surface area contributed by atoms with Crippen molar-refractivity contribution in [3.63, 3.8) is 0 Å². The minimum absolute atomic E-state index is 0.667. The van der Waals surface area contributed by atoms with E-state index in [0.29, 0.717) is 5.88 Å². The Kier molecular flexibility index (Phi) is 5.27. The van der Waals surface area contributed by atoms with Gasteiger partial charge >= 0.3 is 0 Å². The highest BCUT2D eigenvalue weighted by atomic mass is 35.5. The number of aryl methyl sites for hydroxylation is 2. The van der Waals surface area contributed by atoms with E-state index in [1.54, 1.807) is 6.20 Å². The molecule has 0 aliphatic heterocycles. The molecule has 15 heavy (non-hydrogen) atoms. The number of benzene rings is 1. The lowest BCUT2D eigenvalue weighted by Gasteiger charge is -2.10. The maximum atomic E-state index is 5.73. The second-order valence-electron chi connectivity index (χ2n) is 3.53. The van der Waals surface area contributed by atoms with Gasteiger partial charge in [0, 0.05) is 11.6 Å². The van der Waals surface area contributed by atoms with E-state index < -0.39 is 0 Å². The summed E-state index contributed by atoms with van der Waals surface area (Å²) in [7, 11) is 0. The van der Waals surface area contributed by atoms with E-state index in [0.717, 1.165) is 24.9 Å². The van der Waals surface area contributed by atoms with E-state index in [2.05, 4.69) is 37.0 Å². The second-order valence-corrected chi connectivity index (χ2v) is 3.91. The van der Waals surface area contributed by atoms with Crippen molar-refractivity contribution in [2.24, 2.45) is 0 Å². The molecule has 0 bridgehead atoms. The quantitative estimate of drug-likeness (QED) is 0.720. The molecule has 0 aliphatic rings. The van der Waals surface area contributed by atoms with Crippen LogP contribution < -0.4 is 5.32 Å². The third-order valence-electron chi connectivity index (χ3n) is 2.33. The van der Waals surface area contributed by atoms with Gasteiger partial charge in [0.1, 0.15) is 0 Å². The molecule has 0 amide bonds. The zero-order chi connectivity index (χ0) is 11.1.